The van der Waals surface area contributed by atoms with Crippen LogP contribution in [0.3, 0.4) is 0 Å². The van der Waals surface area contributed by atoms with Gasteiger partial charge in [0.2, 0.25) is 0 Å². The van der Waals surface area contributed by atoms with Crippen molar-refractivity contribution in [1.82, 2.24) is 10.6 Å². The summed E-state index contributed by atoms with van der Waals surface area (Å²) in [5, 5.41) is 5.79. The standard InChI is InChI=1S/C19H22N2O3/c1-3-16-12(2)10-17(24-16)19(23)20-11-13-4-6-14(7-5-13)18(22)21-15-8-9-15/h4-7,10,15H,3,8-9,11H2,1-2H3,(H,20,23)(H,21,22). The maximum absolute atomic E-state index is 12.1. The molecule has 1 fully saturated rings. The number of aryl methyl sites for hydroxylation is 2. The first-order valence-electron chi connectivity index (χ1n) is 8.34. The van der Waals surface area contributed by atoms with Gasteiger partial charge in [0.25, 0.3) is 11.8 Å². The minimum Gasteiger partial charge on any atom is -0.456 e. The highest BCUT2D eigenvalue weighted by Crippen LogP contribution is 2.19. The molecule has 126 valence electrons. The number of hydrogen-bond donors (Lipinski definition) is 2. The number of rotatable bonds is 6. The number of nitrogens with one attached hydrogen (secondary N) is 2. The highest BCUT2D eigenvalue weighted by Gasteiger charge is 2.23. The minimum absolute atomic E-state index is 0.0359. The lowest BCUT2D eigenvalue weighted by atomic mass is 10.1. The van der Waals surface area contributed by atoms with Crippen molar-refractivity contribution < 1.29 is 14.0 Å². The third-order valence-electron chi connectivity index (χ3n) is 4.15. The maximum atomic E-state index is 12.1. The number of amides is 2. The predicted octanol–water partition coefficient (Wildman–Crippen LogP) is 2.97. The SMILES string of the molecule is CCc1oc(C(=O)NCc2ccc(C(=O)NC3CC3)cc2)cc1C. The normalized spacial score (nSPS) is 13.6. The summed E-state index contributed by atoms with van der Waals surface area (Å²) in [6.07, 6.45) is 2.91. The van der Waals surface area contributed by atoms with Gasteiger partial charge >= 0.3 is 0 Å². The second kappa shape index (κ2) is 6.91. The molecule has 0 atom stereocenters. The van der Waals surface area contributed by atoms with Gasteiger partial charge in [-0.15, -0.1) is 0 Å². The second-order valence-electron chi connectivity index (χ2n) is 6.20. The number of benzene rings is 1. The summed E-state index contributed by atoms with van der Waals surface area (Å²) in [7, 11) is 0. The first kappa shape index (κ1) is 16.3. The van der Waals surface area contributed by atoms with Crippen LogP contribution in [0.1, 0.15) is 57.6 Å². The van der Waals surface area contributed by atoms with Crippen molar-refractivity contribution in [3.63, 3.8) is 0 Å². The van der Waals surface area contributed by atoms with Crippen LogP contribution < -0.4 is 10.6 Å². The van der Waals surface area contributed by atoms with Gasteiger partial charge in [-0.25, -0.2) is 0 Å². The molecule has 2 amide bonds. The molecule has 0 radical (unpaired) electrons. The Hall–Kier alpha value is -2.56. The zero-order chi connectivity index (χ0) is 17.1. The number of furan rings is 1. The van der Waals surface area contributed by atoms with Crippen molar-refractivity contribution >= 4 is 11.8 Å². The molecular formula is C19H22N2O3. The van der Waals surface area contributed by atoms with E-state index in [1.807, 2.05) is 26.0 Å². The van der Waals surface area contributed by atoms with Crippen molar-refractivity contribution in [3.8, 4) is 0 Å². The topological polar surface area (TPSA) is 71.3 Å². The molecule has 5 heteroatoms. The van der Waals surface area contributed by atoms with Crippen LogP contribution in [0.25, 0.3) is 0 Å². The first-order valence-corrected chi connectivity index (χ1v) is 8.34. The number of hydrogen-bond acceptors (Lipinski definition) is 3. The van der Waals surface area contributed by atoms with Gasteiger partial charge in [0.1, 0.15) is 5.76 Å². The van der Waals surface area contributed by atoms with E-state index in [1.54, 1.807) is 18.2 Å². The summed E-state index contributed by atoms with van der Waals surface area (Å²) >= 11 is 0. The van der Waals surface area contributed by atoms with Gasteiger partial charge in [0.15, 0.2) is 5.76 Å². The first-order chi connectivity index (χ1) is 11.6. The molecule has 1 aliphatic carbocycles. The van der Waals surface area contributed by atoms with E-state index in [2.05, 4.69) is 10.6 Å². The van der Waals surface area contributed by atoms with Crippen LogP contribution >= 0.6 is 0 Å². The summed E-state index contributed by atoms with van der Waals surface area (Å²) in [6, 6.07) is 9.39. The molecule has 2 aromatic rings. The smallest absolute Gasteiger partial charge is 0.287 e. The number of carbonyl (C=O) groups excluding carboxylic acids is 2. The molecule has 3 rings (SSSR count). The fourth-order valence-corrected chi connectivity index (χ4v) is 2.52. The molecule has 1 aliphatic rings. The average molecular weight is 326 g/mol. The predicted molar refractivity (Wildman–Crippen MR) is 90.9 cm³/mol. The zero-order valence-corrected chi connectivity index (χ0v) is 14.0. The molecular weight excluding hydrogens is 304 g/mol. The monoisotopic (exact) mass is 326 g/mol. The summed E-state index contributed by atoms with van der Waals surface area (Å²) in [4.78, 5) is 24.1. The molecule has 0 saturated heterocycles. The van der Waals surface area contributed by atoms with Gasteiger partial charge in [0.05, 0.1) is 0 Å². The third kappa shape index (κ3) is 3.85. The van der Waals surface area contributed by atoms with Crippen LogP contribution in [0.4, 0.5) is 0 Å². The van der Waals surface area contributed by atoms with E-state index in [1.165, 1.54) is 0 Å². The van der Waals surface area contributed by atoms with Crippen LogP contribution in [0, 0.1) is 6.92 Å². The summed E-state index contributed by atoms with van der Waals surface area (Å²) < 4.78 is 5.54. The Morgan fingerprint density at radius 3 is 2.46 bits per heavy atom. The summed E-state index contributed by atoms with van der Waals surface area (Å²) in [5.74, 6) is 0.913. The number of carbonyl (C=O) groups is 2. The molecule has 0 bridgehead atoms. The summed E-state index contributed by atoms with van der Waals surface area (Å²) in [6.45, 7) is 4.32. The average Bonchev–Trinajstić information content (AvgIpc) is 3.32. The van der Waals surface area contributed by atoms with Crippen LogP contribution in [0.15, 0.2) is 34.7 Å². The van der Waals surface area contributed by atoms with E-state index < -0.39 is 0 Å². The molecule has 1 saturated carbocycles. The molecule has 0 unspecified atom stereocenters. The maximum Gasteiger partial charge on any atom is 0.287 e. The Morgan fingerprint density at radius 2 is 1.88 bits per heavy atom. The Kier molecular flexibility index (Phi) is 4.69. The second-order valence-corrected chi connectivity index (χ2v) is 6.20. The zero-order valence-electron chi connectivity index (χ0n) is 14.0. The Bertz CT molecular complexity index is 742. The quantitative estimate of drug-likeness (QED) is 0.857. The molecule has 1 aromatic heterocycles. The lowest BCUT2D eigenvalue weighted by Crippen LogP contribution is -2.25. The van der Waals surface area contributed by atoms with Gasteiger partial charge in [0, 0.05) is 24.6 Å². The molecule has 5 nitrogen and oxygen atoms in total. The summed E-state index contributed by atoms with van der Waals surface area (Å²) in [5.41, 5.74) is 2.57. The van der Waals surface area contributed by atoms with Crippen LogP contribution in [-0.4, -0.2) is 17.9 Å². The Balaban J connectivity index is 1.55. The van der Waals surface area contributed by atoms with E-state index in [9.17, 15) is 9.59 Å². The minimum atomic E-state index is -0.228. The lowest BCUT2D eigenvalue weighted by molar-refractivity contribution is 0.0919. The van der Waals surface area contributed by atoms with Gasteiger partial charge in [-0.2, -0.15) is 0 Å². The van der Waals surface area contributed by atoms with Crippen molar-refractivity contribution in [2.75, 3.05) is 0 Å². The van der Waals surface area contributed by atoms with Gasteiger partial charge in [-0.3, -0.25) is 9.59 Å². The molecule has 24 heavy (non-hydrogen) atoms. The van der Waals surface area contributed by atoms with Crippen molar-refractivity contribution in [1.29, 1.82) is 0 Å². The molecule has 1 heterocycles. The van der Waals surface area contributed by atoms with Gasteiger partial charge in [-0.05, 0) is 49.1 Å². The highest BCUT2D eigenvalue weighted by atomic mass is 16.4. The molecule has 2 N–H and O–H groups in total. The van der Waals surface area contributed by atoms with Crippen LogP contribution in [0.5, 0.6) is 0 Å². The molecule has 0 spiro atoms. The third-order valence-corrected chi connectivity index (χ3v) is 4.15. The van der Waals surface area contributed by atoms with E-state index in [4.69, 9.17) is 4.42 Å². The fourth-order valence-electron chi connectivity index (χ4n) is 2.52. The van der Waals surface area contributed by atoms with Crippen molar-refractivity contribution in [2.45, 2.75) is 45.7 Å². The van der Waals surface area contributed by atoms with Gasteiger partial charge < -0.3 is 15.1 Å². The fraction of sp³-hybridized carbons (Fsp3) is 0.368. The largest absolute Gasteiger partial charge is 0.456 e. The van der Waals surface area contributed by atoms with E-state index in [-0.39, 0.29) is 11.8 Å². The highest BCUT2D eigenvalue weighted by molar-refractivity contribution is 5.94. The van der Waals surface area contributed by atoms with Crippen molar-refractivity contribution in [3.05, 3.63) is 58.5 Å². The molecule has 1 aromatic carbocycles. The van der Waals surface area contributed by atoms with E-state index in [0.717, 1.165) is 36.1 Å². The van der Waals surface area contributed by atoms with Crippen molar-refractivity contribution in [2.24, 2.45) is 0 Å². The Morgan fingerprint density at radius 1 is 1.17 bits per heavy atom. The van der Waals surface area contributed by atoms with E-state index >= 15 is 0 Å². The van der Waals surface area contributed by atoms with E-state index in [0.29, 0.717) is 23.9 Å². The lowest BCUT2D eigenvalue weighted by Gasteiger charge is -2.06. The van der Waals surface area contributed by atoms with Gasteiger partial charge in [-0.1, -0.05) is 19.1 Å². The van der Waals surface area contributed by atoms with Crippen LogP contribution in [0.2, 0.25) is 0 Å². The molecule has 0 aliphatic heterocycles. The Labute approximate surface area is 141 Å². The van der Waals surface area contributed by atoms with Crippen LogP contribution in [-0.2, 0) is 13.0 Å².